The van der Waals surface area contributed by atoms with Crippen LogP contribution in [0, 0.1) is 0 Å². The number of nitrogens with two attached hydrogens (primary N) is 1. The van der Waals surface area contributed by atoms with Crippen LogP contribution in [0.25, 0.3) is 6.08 Å². The predicted molar refractivity (Wildman–Crippen MR) is 94.5 cm³/mol. The van der Waals surface area contributed by atoms with Gasteiger partial charge in [0.1, 0.15) is 5.75 Å². The number of carbonyl (C=O) groups is 1. The molecule has 0 unspecified atom stereocenters. The van der Waals surface area contributed by atoms with E-state index in [-0.39, 0.29) is 16.6 Å². The quantitative estimate of drug-likeness (QED) is 0.816. The number of amides is 1. The molecule has 8 heteroatoms. The Bertz CT molecular complexity index is 1010. The van der Waals surface area contributed by atoms with E-state index in [2.05, 4.69) is 5.10 Å². The standard InChI is InChI=1S/C17H15N3O4S/c1-11-16(10-12-3-2-4-14(21)9-12)17(22)20(19-11)13-5-7-15(8-6-13)25(18,23)24/h2-10,21H,1H3,(H2,18,23,24)/b16-10-. The molecule has 0 radical (unpaired) electrons. The Morgan fingerprint density at radius 3 is 2.44 bits per heavy atom. The van der Waals surface area contributed by atoms with Crippen LogP contribution in [-0.4, -0.2) is 25.1 Å². The van der Waals surface area contributed by atoms with Crippen molar-refractivity contribution in [3.63, 3.8) is 0 Å². The molecule has 1 amide bonds. The number of hydrogen-bond donors (Lipinski definition) is 2. The molecule has 0 saturated carbocycles. The maximum atomic E-state index is 12.6. The Morgan fingerprint density at radius 2 is 1.84 bits per heavy atom. The van der Waals surface area contributed by atoms with Gasteiger partial charge in [0.15, 0.2) is 0 Å². The zero-order chi connectivity index (χ0) is 18.2. The molecule has 2 aromatic carbocycles. The minimum Gasteiger partial charge on any atom is -0.508 e. The fourth-order valence-corrected chi connectivity index (χ4v) is 2.93. The van der Waals surface area contributed by atoms with Crippen LogP contribution in [0.5, 0.6) is 5.75 Å². The zero-order valence-corrected chi connectivity index (χ0v) is 14.1. The number of hydrogen-bond acceptors (Lipinski definition) is 5. The minimum absolute atomic E-state index is 0.0425. The van der Waals surface area contributed by atoms with Crippen molar-refractivity contribution in [3.8, 4) is 5.75 Å². The number of benzene rings is 2. The number of hydrazone groups is 1. The lowest BCUT2D eigenvalue weighted by atomic mass is 10.1. The second-order valence-corrected chi connectivity index (χ2v) is 7.06. The van der Waals surface area contributed by atoms with Crippen LogP contribution in [0.15, 0.2) is 64.1 Å². The number of phenols is 1. The van der Waals surface area contributed by atoms with Gasteiger partial charge in [-0.25, -0.2) is 13.6 Å². The Kier molecular flexibility index (Phi) is 4.15. The molecule has 3 rings (SSSR count). The molecule has 0 atom stereocenters. The number of aromatic hydroxyl groups is 1. The summed E-state index contributed by atoms with van der Waals surface area (Å²) in [6, 6.07) is 12.1. The first-order valence-electron chi connectivity index (χ1n) is 7.29. The molecule has 0 saturated heterocycles. The van der Waals surface area contributed by atoms with Crippen molar-refractivity contribution in [2.24, 2.45) is 10.2 Å². The molecule has 0 aromatic heterocycles. The molecule has 1 heterocycles. The van der Waals surface area contributed by atoms with Gasteiger partial charge in [0.2, 0.25) is 10.0 Å². The van der Waals surface area contributed by atoms with Crippen LogP contribution in [0.1, 0.15) is 12.5 Å². The van der Waals surface area contributed by atoms with Crippen molar-refractivity contribution < 1.29 is 18.3 Å². The van der Waals surface area contributed by atoms with Crippen molar-refractivity contribution in [2.75, 3.05) is 5.01 Å². The predicted octanol–water partition coefficient (Wildman–Crippen LogP) is 1.85. The van der Waals surface area contributed by atoms with Crippen molar-refractivity contribution in [1.29, 1.82) is 0 Å². The van der Waals surface area contributed by atoms with Crippen molar-refractivity contribution in [2.45, 2.75) is 11.8 Å². The van der Waals surface area contributed by atoms with Crippen molar-refractivity contribution in [3.05, 3.63) is 59.7 Å². The summed E-state index contributed by atoms with van der Waals surface area (Å²) in [5.41, 5.74) is 2.00. The van der Waals surface area contributed by atoms with E-state index in [1.807, 2.05) is 0 Å². The summed E-state index contributed by atoms with van der Waals surface area (Å²) in [7, 11) is -3.80. The van der Waals surface area contributed by atoms with Gasteiger partial charge in [0.05, 0.1) is 21.9 Å². The number of carbonyl (C=O) groups excluding carboxylic acids is 1. The molecule has 128 valence electrons. The average Bonchev–Trinajstić information content (AvgIpc) is 2.82. The number of sulfonamides is 1. The Hall–Kier alpha value is -2.97. The van der Waals surface area contributed by atoms with Gasteiger partial charge in [-0.15, -0.1) is 0 Å². The Morgan fingerprint density at radius 1 is 1.16 bits per heavy atom. The van der Waals surface area contributed by atoms with E-state index in [4.69, 9.17) is 5.14 Å². The second-order valence-electron chi connectivity index (χ2n) is 5.49. The summed E-state index contributed by atoms with van der Waals surface area (Å²) in [5.74, 6) is -0.242. The van der Waals surface area contributed by atoms with Gasteiger partial charge in [0.25, 0.3) is 5.91 Å². The number of nitrogens with zero attached hydrogens (tertiary/aromatic N) is 2. The lowest BCUT2D eigenvalue weighted by molar-refractivity contribution is -0.114. The lowest BCUT2D eigenvalue weighted by Crippen LogP contribution is -2.21. The van der Waals surface area contributed by atoms with E-state index < -0.39 is 10.0 Å². The summed E-state index contributed by atoms with van der Waals surface area (Å²) in [4.78, 5) is 12.6. The molecular formula is C17H15N3O4S. The summed E-state index contributed by atoms with van der Waals surface area (Å²) < 4.78 is 22.6. The highest BCUT2D eigenvalue weighted by molar-refractivity contribution is 7.89. The lowest BCUT2D eigenvalue weighted by Gasteiger charge is -2.12. The fraction of sp³-hybridized carbons (Fsp3) is 0.0588. The van der Waals surface area contributed by atoms with Crippen LogP contribution < -0.4 is 10.1 Å². The van der Waals surface area contributed by atoms with E-state index >= 15 is 0 Å². The smallest absolute Gasteiger partial charge is 0.280 e. The monoisotopic (exact) mass is 357 g/mol. The molecule has 0 bridgehead atoms. The highest BCUT2D eigenvalue weighted by atomic mass is 32.2. The third-order valence-electron chi connectivity index (χ3n) is 3.65. The largest absolute Gasteiger partial charge is 0.508 e. The van der Waals surface area contributed by atoms with Gasteiger partial charge in [-0.3, -0.25) is 4.79 Å². The summed E-state index contributed by atoms with van der Waals surface area (Å²) in [5, 5.41) is 20.0. The SMILES string of the molecule is CC1=NN(c2ccc(S(N)(=O)=O)cc2)C(=O)/C1=C\c1cccc(O)c1. The molecule has 1 aliphatic heterocycles. The van der Waals surface area contributed by atoms with E-state index in [9.17, 15) is 18.3 Å². The fourth-order valence-electron chi connectivity index (χ4n) is 2.42. The molecule has 7 nitrogen and oxygen atoms in total. The molecule has 0 fully saturated rings. The highest BCUT2D eigenvalue weighted by Gasteiger charge is 2.28. The van der Waals surface area contributed by atoms with E-state index in [1.54, 1.807) is 31.2 Å². The average molecular weight is 357 g/mol. The second kappa shape index (κ2) is 6.15. The third-order valence-corrected chi connectivity index (χ3v) is 4.58. The van der Waals surface area contributed by atoms with Crippen LogP contribution in [0.2, 0.25) is 0 Å². The van der Waals surface area contributed by atoms with E-state index in [0.717, 1.165) is 0 Å². The van der Waals surface area contributed by atoms with Gasteiger partial charge < -0.3 is 5.11 Å². The van der Waals surface area contributed by atoms with Gasteiger partial charge in [-0.2, -0.15) is 10.1 Å². The van der Waals surface area contributed by atoms with E-state index in [1.165, 1.54) is 35.3 Å². The number of anilines is 1. The number of rotatable bonds is 3. The zero-order valence-electron chi connectivity index (χ0n) is 13.2. The minimum atomic E-state index is -3.80. The van der Waals surface area contributed by atoms with Crippen LogP contribution in [-0.2, 0) is 14.8 Å². The molecule has 2 aromatic rings. The van der Waals surface area contributed by atoms with Crippen molar-refractivity contribution in [1.82, 2.24) is 0 Å². The molecule has 1 aliphatic rings. The molecule has 0 spiro atoms. The summed E-state index contributed by atoms with van der Waals surface area (Å²) >= 11 is 0. The molecule has 25 heavy (non-hydrogen) atoms. The third kappa shape index (κ3) is 3.44. The van der Waals surface area contributed by atoms with Crippen molar-refractivity contribution >= 4 is 33.4 Å². The Balaban J connectivity index is 1.92. The van der Waals surface area contributed by atoms with Gasteiger partial charge >= 0.3 is 0 Å². The first-order valence-corrected chi connectivity index (χ1v) is 8.84. The summed E-state index contributed by atoms with van der Waals surface area (Å²) in [6.07, 6.45) is 1.64. The maximum absolute atomic E-state index is 12.6. The number of phenolic OH excluding ortho intramolecular Hbond substituents is 1. The summed E-state index contributed by atoms with van der Waals surface area (Å²) in [6.45, 7) is 1.70. The maximum Gasteiger partial charge on any atom is 0.280 e. The van der Waals surface area contributed by atoms with Gasteiger partial charge in [0, 0.05) is 0 Å². The van der Waals surface area contributed by atoms with E-state index in [0.29, 0.717) is 22.5 Å². The Labute approximate surface area is 144 Å². The normalized spacial score (nSPS) is 16.4. The van der Waals surface area contributed by atoms with Gasteiger partial charge in [-0.1, -0.05) is 12.1 Å². The van der Waals surface area contributed by atoms with Crippen LogP contribution in [0.3, 0.4) is 0 Å². The topological polar surface area (TPSA) is 113 Å². The highest BCUT2D eigenvalue weighted by Crippen LogP contribution is 2.26. The first-order chi connectivity index (χ1) is 11.8. The first kappa shape index (κ1) is 16.9. The number of primary sulfonamides is 1. The van der Waals surface area contributed by atoms with Crippen LogP contribution in [0.4, 0.5) is 5.69 Å². The van der Waals surface area contributed by atoms with Gasteiger partial charge in [-0.05, 0) is 55.0 Å². The molecular weight excluding hydrogens is 342 g/mol. The molecule has 3 N–H and O–H groups in total. The molecule has 0 aliphatic carbocycles. The van der Waals surface area contributed by atoms with Crippen LogP contribution >= 0.6 is 0 Å².